The summed E-state index contributed by atoms with van der Waals surface area (Å²) in [5.74, 6) is -0.284. The van der Waals surface area contributed by atoms with E-state index in [-0.39, 0.29) is 17.5 Å². The smallest absolute Gasteiger partial charge is 0.123 e. The zero-order chi connectivity index (χ0) is 13.8. The van der Waals surface area contributed by atoms with Crippen molar-refractivity contribution in [1.29, 1.82) is 0 Å². The number of hydrogen-bond donors (Lipinski definition) is 1. The van der Waals surface area contributed by atoms with Crippen molar-refractivity contribution < 1.29 is 9.13 Å². The number of ether oxygens (including phenoxy) is 1. The number of benzene rings is 1. The molecule has 0 radical (unpaired) electrons. The van der Waals surface area contributed by atoms with Crippen LogP contribution in [0.15, 0.2) is 18.2 Å². The Hall–Kier alpha value is -0.640. The molecule has 18 heavy (non-hydrogen) atoms. The summed E-state index contributed by atoms with van der Waals surface area (Å²) in [5.41, 5.74) is 0.510. The van der Waals surface area contributed by atoms with E-state index in [0.717, 1.165) is 12.1 Å². The van der Waals surface area contributed by atoms with Crippen LogP contribution in [0.25, 0.3) is 0 Å². The number of likely N-dealkylation sites (N-methyl/N-ethyl adjacent to an activating group) is 1. The van der Waals surface area contributed by atoms with Crippen molar-refractivity contribution in [3.63, 3.8) is 0 Å². The first-order valence-corrected chi connectivity index (χ1v) is 6.53. The lowest BCUT2D eigenvalue weighted by Gasteiger charge is -2.25. The molecular weight excluding hydrogens is 253 g/mol. The highest BCUT2D eigenvalue weighted by Crippen LogP contribution is 2.25. The van der Waals surface area contributed by atoms with Crippen molar-refractivity contribution in [1.82, 2.24) is 5.32 Å². The normalized spacial score (nSPS) is 13.7. The molecule has 102 valence electrons. The van der Waals surface area contributed by atoms with E-state index in [2.05, 4.69) is 5.32 Å². The van der Waals surface area contributed by atoms with Crippen LogP contribution in [0, 0.1) is 5.82 Å². The lowest BCUT2D eigenvalue weighted by atomic mass is 10.1. The summed E-state index contributed by atoms with van der Waals surface area (Å²) >= 11 is 6.11. The molecule has 0 saturated carbocycles. The van der Waals surface area contributed by atoms with Gasteiger partial charge in [-0.25, -0.2) is 4.39 Å². The molecular formula is C14H21ClFNO. The SMILES string of the molecule is CCNC(COC(C)(C)C)c1cc(F)ccc1Cl. The minimum absolute atomic E-state index is 0.0996. The first-order valence-electron chi connectivity index (χ1n) is 6.16. The predicted octanol–water partition coefficient (Wildman–Crippen LogP) is 3.94. The molecule has 1 unspecified atom stereocenters. The van der Waals surface area contributed by atoms with Crippen molar-refractivity contribution in [3.8, 4) is 0 Å². The van der Waals surface area contributed by atoms with Gasteiger partial charge in [0.05, 0.1) is 18.2 Å². The van der Waals surface area contributed by atoms with Crippen LogP contribution in [0.5, 0.6) is 0 Å². The molecule has 1 aromatic rings. The molecule has 0 saturated heterocycles. The van der Waals surface area contributed by atoms with E-state index in [1.165, 1.54) is 12.1 Å². The quantitative estimate of drug-likeness (QED) is 0.877. The molecule has 2 nitrogen and oxygen atoms in total. The molecule has 1 aromatic carbocycles. The Kier molecular flexibility index (Phi) is 5.57. The summed E-state index contributed by atoms with van der Waals surface area (Å²) in [4.78, 5) is 0. The number of rotatable bonds is 5. The fourth-order valence-electron chi connectivity index (χ4n) is 1.62. The second kappa shape index (κ2) is 6.50. The van der Waals surface area contributed by atoms with E-state index < -0.39 is 0 Å². The van der Waals surface area contributed by atoms with Gasteiger partial charge in [-0.2, -0.15) is 0 Å². The van der Waals surface area contributed by atoms with Crippen LogP contribution in [0.4, 0.5) is 4.39 Å². The zero-order valence-electron chi connectivity index (χ0n) is 11.4. The molecule has 0 amide bonds. The summed E-state index contributed by atoms with van der Waals surface area (Å²) in [5, 5.41) is 3.82. The lowest BCUT2D eigenvalue weighted by Crippen LogP contribution is -2.30. The van der Waals surface area contributed by atoms with Gasteiger partial charge < -0.3 is 10.1 Å². The maximum absolute atomic E-state index is 13.3. The van der Waals surface area contributed by atoms with E-state index in [4.69, 9.17) is 16.3 Å². The van der Waals surface area contributed by atoms with Crippen LogP contribution in [-0.2, 0) is 4.74 Å². The van der Waals surface area contributed by atoms with Crippen molar-refractivity contribution in [2.45, 2.75) is 39.3 Å². The number of nitrogens with one attached hydrogen (secondary N) is 1. The van der Waals surface area contributed by atoms with E-state index in [0.29, 0.717) is 11.6 Å². The van der Waals surface area contributed by atoms with Crippen LogP contribution < -0.4 is 5.32 Å². The molecule has 0 bridgehead atoms. The van der Waals surface area contributed by atoms with Gasteiger partial charge in [0.25, 0.3) is 0 Å². The predicted molar refractivity (Wildman–Crippen MR) is 73.5 cm³/mol. The molecule has 0 spiro atoms. The summed E-state index contributed by atoms with van der Waals surface area (Å²) in [6.07, 6.45) is 0. The fourth-order valence-corrected chi connectivity index (χ4v) is 1.87. The molecule has 1 rings (SSSR count). The standard InChI is InChI=1S/C14H21ClFNO/c1-5-17-13(9-18-14(2,3)4)11-8-10(16)6-7-12(11)15/h6-8,13,17H,5,9H2,1-4H3. The second-order valence-electron chi connectivity index (χ2n) is 5.20. The van der Waals surface area contributed by atoms with Gasteiger partial charge in [0, 0.05) is 5.02 Å². The van der Waals surface area contributed by atoms with E-state index in [9.17, 15) is 4.39 Å². The van der Waals surface area contributed by atoms with Crippen molar-refractivity contribution in [2.75, 3.05) is 13.2 Å². The molecule has 0 aliphatic rings. The maximum atomic E-state index is 13.3. The summed E-state index contributed by atoms with van der Waals surface area (Å²) in [6.45, 7) is 9.19. The third kappa shape index (κ3) is 4.92. The van der Waals surface area contributed by atoms with Gasteiger partial charge in [-0.3, -0.25) is 0 Å². The first-order chi connectivity index (χ1) is 8.33. The van der Waals surface area contributed by atoms with Gasteiger partial charge in [-0.15, -0.1) is 0 Å². The fraction of sp³-hybridized carbons (Fsp3) is 0.571. The molecule has 0 aliphatic carbocycles. The number of hydrogen-bond acceptors (Lipinski definition) is 2. The molecule has 0 fully saturated rings. The average molecular weight is 274 g/mol. The van der Waals surface area contributed by atoms with Crippen molar-refractivity contribution in [3.05, 3.63) is 34.6 Å². The Bertz CT molecular complexity index is 390. The highest BCUT2D eigenvalue weighted by Gasteiger charge is 2.18. The van der Waals surface area contributed by atoms with Crippen molar-refractivity contribution in [2.24, 2.45) is 0 Å². The molecule has 0 aromatic heterocycles. The maximum Gasteiger partial charge on any atom is 0.123 e. The molecule has 1 N–H and O–H groups in total. The van der Waals surface area contributed by atoms with Crippen LogP contribution in [0.2, 0.25) is 5.02 Å². The van der Waals surface area contributed by atoms with E-state index in [1.54, 1.807) is 6.07 Å². The Labute approximate surface area is 113 Å². The van der Waals surface area contributed by atoms with Gasteiger partial charge in [0.1, 0.15) is 5.82 Å². The van der Waals surface area contributed by atoms with Crippen LogP contribution in [-0.4, -0.2) is 18.8 Å². The van der Waals surface area contributed by atoms with E-state index in [1.807, 2.05) is 27.7 Å². The zero-order valence-corrected chi connectivity index (χ0v) is 12.1. The highest BCUT2D eigenvalue weighted by atomic mass is 35.5. The Balaban J connectivity index is 2.86. The monoisotopic (exact) mass is 273 g/mol. The van der Waals surface area contributed by atoms with Gasteiger partial charge in [0.2, 0.25) is 0 Å². The molecule has 0 heterocycles. The van der Waals surface area contributed by atoms with Gasteiger partial charge in [0.15, 0.2) is 0 Å². The molecule has 4 heteroatoms. The van der Waals surface area contributed by atoms with Gasteiger partial charge in [-0.05, 0) is 51.1 Å². The third-order valence-corrected chi connectivity index (χ3v) is 2.81. The first kappa shape index (κ1) is 15.4. The van der Waals surface area contributed by atoms with Crippen molar-refractivity contribution >= 4 is 11.6 Å². The minimum atomic E-state index is -0.284. The van der Waals surface area contributed by atoms with Crippen LogP contribution in [0.1, 0.15) is 39.3 Å². The molecule has 1 atom stereocenters. The Morgan fingerprint density at radius 2 is 2.06 bits per heavy atom. The second-order valence-corrected chi connectivity index (χ2v) is 5.61. The topological polar surface area (TPSA) is 21.3 Å². The van der Waals surface area contributed by atoms with Crippen LogP contribution in [0.3, 0.4) is 0 Å². The summed E-state index contributed by atoms with van der Waals surface area (Å²) in [7, 11) is 0. The largest absolute Gasteiger partial charge is 0.374 e. The highest BCUT2D eigenvalue weighted by molar-refractivity contribution is 6.31. The van der Waals surface area contributed by atoms with Gasteiger partial charge in [-0.1, -0.05) is 18.5 Å². The average Bonchev–Trinajstić information content (AvgIpc) is 2.26. The lowest BCUT2D eigenvalue weighted by molar-refractivity contribution is -0.0146. The number of halogens is 2. The summed E-state index contributed by atoms with van der Waals surface area (Å²) in [6, 6.07) is 4.30. The Morgan fingerprint density at radius 3 is 2.61 bits per heavy atom. The van der Waals surface area contributed by atoms with Gasteiger partial charge >= 0.3 is 0 Å². The summed E-state index contributed by atoms with van der Waals surface area (Å²) < 4.78 is 19.0. The molecule has 0 aliphatic heterocycles. The van der Waals surface area contributed by atoms with Crippen LogP contribution >= 0.6 is 11.6 Å². The third-order valence-electron chi connectivity index (χ3n) is 2.47. The minimum Gasteiger partial charge on any atom is -0.374 e. The van der Waals surface area contributed by atoms with E-state index >= 15 is 0 Å². The Morgan fingerprint density at radius 1 is 1.39 bits per heavy atom.